The topological polar surface area (TPSA) is 73.3 Å². The van der Waals surface area contributed by atoms with Gasteiger partial charge in [0.25, 0.3) is 0 Å². The molecule has 1 aromatic carbocycles. The Bertz CT molecular complexity index is 870. The molecule has 2 rings (SSSR count). The summed E-state index contributed by atoms with van der Waals surface area (Å²) in [4.78, 5) is 4.18. The fourth-order valence-electron chi connectivity index (χ4n) is 2.14. The standard InChI is InChI=1S/C14H13Cl2F3N4OS/c1-6(21-2)10-12(25(3)24)13(20)23(22-10)11-8(15)4-7(5-9(11)16)14(17,18)19/h4-5H,20H2,1-3H3. The maximum atomic E-state index is 12.9. The minimum Gasteiger partial charge on any atom is -0.383 e. The predicted octanol–water partition coefficient (Wildman–Crippen LogP) is 3.96. The first-order chi connectivity index (χ1) is 11.5. The zero-order chi connectivity index (χ0) is 19.1. The predicted molar refractivity (Wildman–Crippen MR) is 93.5 cm³/mol. The molecule has 0 spiro atoms. The van der Waals surface area contributed by atoms with E-state index in [1.54, 1.807) is 6.92 Å². The van der Waals surface area contributed by atoms with Crippen LogP contribution in [0.5, 0.6) is 0 Å². The van der Waals surface area contributed by atoms with Crippen molar-refractivity contribution in [3.8, 4) is 5.69 Å². The molecule has 5 nitrogen and oxygen atoms in total. The van der Waals surface area contributed by atoms with E-state index in [9.17, 15) is 17.4 Å². The van der Waals surface area contributed by atoms with Crippen molar-refractivity contribution in [2.24, 2.45) is 4.99 Å². The van der Waals surface area contributed by atoms with Gasteiger partial charge < -0.3 is 5.73 Å². The Kier molecular flexibility index (Phi) is 5.50. The van der Waals surface area contributed by atoms with Crippen molar-refractivity contribution in [2.75, 3.05) is 19.0 Å². The van der Waals surface area contributed by atoms with E-state index in [1.165, 1.54) is 13.3 Å². The fraction of sp³-hybridized carbons (Fsp3) is 0.286. The maximum absolute atomic E-state index is 12.9. The molecule has 0 saturated heterocycles. The Morgan fingerprint density at radius 1 is 1.32 bits per heavy atom. The molecule has 25 heavy (non-hydrogen) atoms. The number of hydrogen-bond acceptors (Lipinski definition) is 4. The number of nitrogen functional groups attached to an aromatic ring is 1. The summed E-state index contributed by atoms with van der Waals surface area (Å²) >= 11 is 12.0. The lowest BCUT2D eigenvalue weighted by atomic mass is 10.2. The largest absolute Gasteiger partial charge is 0.416 e. The number of benzene rings is 1. The van der Waals surface area contributed by atoms with Gasteiger partial charge in [-0.1, -0.05) is 23.2 Å². The minimum atomic E-state index is -4.60. The first kappa shape index (κ1) is 19.7. The Labute approximate surface area is 154 Å². The molecular formula is C14H13Cl2F3N4OS. The van der Waals surface area contributed by atoms with E-state index in [1.807, 2.05) is 0 Å². The number of aliphatic imine (C=N–C) groups is 1. The Balaban J connectivity index is 2.78. The van der Waals surface area contributed by atoms with Crippen LogP contribution >= 0.6 is 23.2 Å². The lowest BCUT2D eigenvalue weighted by molar-refractivity contribution is -0.137. The zero-order valence-corrected chi connectivity index (χ0v) is 15.6. The Morgan fingerprint density at radius 2 is 1.84 bits per heavy atom. The van der Waals surface area contributed by atoms with Gasteiger partial charge in [-0.15, -0.1) is 0 Å². The van der Waals surface area contributed by atoms with Gasteiger partial charge in [0.15, 0.2) is 0 Å². The summed E-state index contributed by atoms with van der Waals surface area (Å²) in [5.74, 6) is -0.0395. The van der Waals surface area contributed by atoms with Crippen LogP contribution in [-0.4, -0.2) is 33.0 Å². The highest BCUT2D eigenvalue weighted by Gasteiger charge is 2.33. The number of nitrogens with two attached hydrogens (primary N) is 1. The van der Waals surface area contributed by atoms with Crippen molar-refractivity contribution < 1.29 is 17.4 Å². The molecule has 2 N–H and O–H groups in total. The third-order valence-corrected chi connectivity index (χ3v) is 4.95. The van der Waals surface area contributed by atoms with Crippen LogP contribution in [0.25, 0.3) is 5.69 Å². The molecule has 1 unspecified atom stereocenters. The normalized spacial score (nSPS) is 14.0. The summed E-state index contributed by atoms with van der Waals surface area (Å²) in [5.41, 5.74) is 5.69. The molecule has 0 saturated carbocycles. The monoisotopic (exact) mass is 412 g/mol. The highest BCUT2D eigenvalue weighted by molar-refractivity contribution is 7.84. The van der Waals surface area contributed by atoms with Crippen LogP contribution in [0.4, 0.5) is 19.0 Å². The van der Waals surface area contributed by atoms with Gasteiger partial charge in [-0.25, -0.2) is 4.68 Å². The van der Waals surface area contributed by atoms with E-state index in [4.69, 9.17) is 28.9 Å². The molecule has 0 aliphatic rings. The number of halogens is 5. The molecule has 0 aliphatic heterocycles. The first-order valence-electron chi connectivity index (χ1n) is 6.71. The van der Waals surface area contributed by atoms with Crippen molar-refractivity contribution in [3.63, 3.8) is 0 Å². The van der Waals surface area contributed by atoms with E-state index >= 15 is 0 Å². The molecule has 0 bridgehead atoms. The molecule has 1 heterocycles. The van der Waals surface area contributed by atoms with Crippen LogP contribution in [0.3, 0.4) is 0 Å². The molecule has 136 valence electrons. The highest BCUT2D eigenvalue weighted by Crippen LogP contribution is 2.39. The van der Waals surface area contributed by atoms with E-state index in [0.717, 1.165) is 16.8 Å². The highest BCUT2D eigenvalue weighted by atomic mass is 35.5. The van der Waals surface area contributed by atoms with Crippen molar-refractivity contribution >= 4 is 45.5 Å². The van der Waals surface area contributed by atoms with Gasteiger partial charge in [0.05, 0.1) is 32.1 Å². The lowest BCUT2D eigenvalue weighted by Crippen LogP contribution is -2.09. The van der Waals surface area contributed by atoms with Crippen molar-refractivity contribution in [2.45, 2.75) is 18.0 Å². The number of nitrogens with zero attached hydrogens (tertiary/aromatic N) is 3. The van der Waals surface area contributed by atoms with Gasteiger partial charge in [0.1, 0.15) is 22.1 Å². The number of rotatable bonds is 3. The number of anilines is 1. The second kappa shape index (κ2) is 6.97. The average Bonchev–Trinajstić information content (AvgIpc) is 2.82. The molecule has 1 aromatic heterocycles. The van der Waals surface area contributed by atoms with E-state index in [0.29, 0.717) is 5.71 Å². The van der Waals surface area contributed by atoms with Crippen LogP contribution in [-0.2, 0) is 17.0 Å². The molecule has 2 aromatic rings. The summed E-state index contributed by atoms with van der Waals surface area (Å²) in [6.45, 7) is 1.64. The molecular weight excluding hydrogens is 400 g/mol. The third-order valence-electron chi connectivity index (χ3n) is 3.40. The van der Waals surface area contributed by atoms with Gasteiger partial charge in [-0.3, -0.25) is 9.20 Å². The number of aromatic nitrogens is 2. The second-order valence-electron chi connectivity index (χ2n) is 5.02. The minimum absolute atomic E-state index is 0.0318. The van der Waals surface area contributed by atoms with Gasteiger partial charge in [-0.05, 0) is 19.1 Å². The summed E-state index contributed by atoms with van der Waals surface area (Å²) in [6, 6.07) is 1.46. The maximum Gasteiger partial charge on any atom is 0.416 e. The van der Waals surface area contributed by atoms with Crippen LogP contribution in [0, 0.1) is 0 Å². The lowest BCUT2D eigenvalue weighted by Gasteiger charge is -2.13. The van der Waals surface area contributed by atoms with Crippen LogP contribution < -0.4 is 5.73 Å². The van der Waals surface area contributed by atoms with Crippen molar-refractivity contribution in [1.29, 1.82) is 0 Å². The summed E-state index contributed by atoms with van der Waals surface area (Å²) in [7, 11) is 0.00460. The SMILES string of the molecule is CN=C(C)c1nn(-c2c(Cl)cc(C(F)(F)F)cc2Cl)c(N)c1S(C)=O. The summed E-state index contributed by atoms with van der Waals surface area (Å²) in [6.07, 6.45) is -3.20. The Hall–Kier alpha value is -1.58. The van der Waals surface area contributed by atoms with E-state index in [2.05, 4.69) is 10.1 Å². The van der Waals surface area contributed by atoms with Gasteiger partial charge in [0, 0.05) is 13.3 Å². The molecule has 0 radical (unpaired) electrons. The molecule has 0 amide bonds. The van der Waals surface area contributed by atoms with Crippen LogP contribution in [0.2, 0.25) is 10.0 Å². The molecule has 11 heteroatoms. The number of alkyl halides is 3. The third kappa shape index (κ3) is 3.68. The zero-order valence-electron chi connectivity index (χ0n) is 13.3. The van der Waals surface area contributed by atoms with Crippen molar-refractivity contribution in [1.82, 2.24) is 9.78 Å². The van der Waals surface area contributed by atoms with Gasteiger partial charge in [0.2, 0.25) is 0 Å². The van der Waals surface area contributed by atoms with Gasteiger partial charge >= 0.3 is 6.18 Å². The second-order valence-corrected chi connectivity index (χ2v) is 7.16. The van der Waals surface area contributed by atoms with Crippen LogP contribution in [0.1, 0.15) is 18.2 Å². The molecule has 0 aliphatic carbocycles. The average molecular weight is 413 g/mol. The van der Waals surface area contributed by atoms with Gasteiger partial charge in [-0.2, -0.15) is 18.3 Å². The first-order valence-corrected chi connectivity index (χ1v) is 9.02. The Morgan fingerprint density at radius 3 is 2.24 bits per heavy atom. The number of hydrogen-bond donors (Lipinski definition) is 1. The summed E-state index contributed by atoms with van der Waals surface area (Å²) < 4.78 is 51.7. The molecule has 1 atom stereocenters. The van der Waals surface area contributed by atoms with Crippen molar-refractivity contribution in [3.05, 3.63) is 33.4 Å². The summed E-state index contributed by atoms with van der Waals surface area (Å²) in [5, 5.41) is 3.62. The van der Waals surface area contributed by atoms with E-state index in [-0.39, 0.29) is 32.1 Å². The quantitative estimate of drug-likeness (QED) is 0.775. The molecule has 0 fully saturated rings. The smallest absolute Gasteiger partial charge is 0.383 e. The van der Waals surface area contributed by atoms with E-state index < -0.39 is 22.5 Å². The van der Waals surface area contributed by atoms with Crippen LogP contribution in [0.15, 0.2) is 22.0 Å². The fourth-order valence-corrected chi connectivity index (χ4v) is 3.63.